The minimum Gasteiger partial charge on any atom is -0.267 e. The third kappa shape index (κ3) is 2.21. The van der Waals surface area contributed by atoms with Gasteiger partial charge in [-0.05, 0) is 30.7 Å². The molecule has 0 aliphatic heterocycles. The van der Waals surface area contributed by atoms with Gasteiger partial charge in [0.15, 0.2) is 0 Å². The molecule has 0 spiro atoms. The molecule has 20 heavy (non-hydrogen) atoms. The maximum atomic E-state index is 11.8. The van der Waals surface area contributed by atoms with Gasteiger partial charge < -0.3 is 0 Å². The van der Waals surface area contributed by atoms with E-state index in [-0.39, 0.29) is 5.56 Å². The molecular weight excluding hydrogens is 384 g/mol. The van der Waals surface area contributed by atoms with E-state index in [2.05, 4.69) is 42.1 Å². The quantitative estimate of drug-likeness (QED) is 0.664. The molecule has 3 rings (SSSR count). The van der Waals surface area contributed by atoms with Gasteiger partial charge in [-0.15, -0.1) is 0 Å². The molecule has 3 nitrogen and oxygen atoms in total. The molecule has 0 amide bonds. The summed E-state index contributed by atoms with van der Waals surface area (Å²) in [7, 11) is 0. The molecule has 0 radical (unpaired) electrons. The molecule has 0 saturated carbocycles. The number of halogens is 2. The number of aromatic amines is 1. The highest BCUT2D eigenvalue weighted by Gasteiger charge is 2.12. The number of aryl methyl sites for hydroxylation is 1. The lowest BCUT2D eigenvalue weighted by Gasteiger charge is -2.09. The molecule has 0 unspecified atom stereocenters. The summed E-state index contributed by atoms with van der Waals surface area (Å²) < 4.78 is 1.95. The van der Waals surface area contributed by atoms with Crippen LogP contribution in [0, 0.1) is 6.92 Å². The molecule has 100 valence electrons. The van der Waals surface area contributed by atoms with Crippen molar-refractivity contribution < 1.29 is 0 Å². The van der Waals surface area contributed by atoms with E-state index in [1.807, 2.05) is 37.3 Å². The first-order valence-corrected chi connectivity index (χ1v) is 7.60. The highest BCUT2D eigenvalue weighted by molar-refractivity contribution is 9.11. The van der Waals surface area contributed by atoms with Crippen molar-refractivity contribution in [1.29, 1.82) is 0 Å². The number of hydrogen-bond donors (Lipinski definition) is 1. The Morgan fingerprint density at radius 3 is 2.50 bits per heavy atom. The first-order chi connectivity index (χ1) is 9.58. The summed E-state index contributed by atoms with van der Waals surface area (Å²) in [6.45, 7) is 2.02. The lowest BCUT2D eigenvalue weighted by atomic mass is 10.0. The van der Waals surface area contributed by atoms with Crippen LogP contribution in [0.5, 0.6) is 0 Å². The predicted molar refractivity (Wildman–Crippen MR) is 87.9 cm³/mol. The van der Waals surface area contributed by atoms with Gasteiger partial charge in [0, 0.05) is 19.9 Å². The van der Waals surface area contributed by atoms with Crippen molar-refractivity contribution in [3.63, 3.8) is 0 Å². The van der Waals surface area contributed by atoms with E-state index in [1.165, 1.54) is 0 Å². The zero-order chi connectivity index (χ0) is 14.3. The van der Waals surface area contributed by atoms with Crippen molar-refractivity contribution in [2.45, 2.75) is 6.92 Å². The number of H-pyrrole nitrogens is 1. The first-order valence-electron chi connectivity index (χ1n) is 6.01. The van der Waals surface area contributed by atoms with Crippen molar-refractivity contribution in [1.82, 2.24) is 10.2 Å². The lowest BCUT2D eigenvalue weighted by Crippen LogP contribution is -2.09. The fourth-order valence-corrected chi connectivity index (χ4v) is 3.14. The number of fused-ring (bicyclic) bond motifs is 1. The number of nitrogens with one attached hydrogen (secondary N) is 1. The van der Waals surface area contributed by atoms with Crippen molar-refractivity contribution in [2.75, 3.05) is 0 Å². The second kappa shape index (κ2) is 5.14. The number of benzene rings is 2. The van der Waals surface area contributed by atoms with Gasteiger partial charge in [0.2, 0.25) is 0 Å². The van der Waals surface area contributed by atoms with Crippen LogP contribution in [-0.2, 0) is 0 Å². The Morgan fingerprint density at radius 1 is 1.05 bits per heavy atom. The number of nitrogens with zero attached hydrogens (tertiary/aromatic N) is 1. The zero-order valence-electron chi connectivity index (χ0n) is 10.6. The third-order valence-electron chi connectivity index (χ3n) is 3.20. The van der Waals surface area contributed by atoms with Crippen molar-refractivity contribution in [3.05, 3.63) is 61.3 Å². The van der Waals surface area contributed by atoms with Crippen LogP contribution in [0.2, 0.25) is 0 Å². The molecule has 1 aromatic heterocycles. The summed E-state index contributed by atoms with van der Waals surface area (Å²) in [6, 6.07) is 11.5. The first kappa shape index (κ1) is 13.5. The fraction of sp³-hybridized carbons (Fsp3) is 0.0667. The van der Waals surface area contributed by atoms with Crippen LogP contribution in [0.3, 0.4) is 0 Å². The summed E-state index contributed by atoms with van der Waals surface area (Å²) in [4.78, 5) is 11.8. The van der Waals surface area contributed by atoms with E-state index in [4.69, 9.17) is 0 Å². The van der Waals surface area contributed by atoms with Crippen LogP contribution < -0.4 is 5.56 Å². The normalized spacial score (nSPS) is 10.9. The van der Waals surface area contributed by atoms with Gasteiger partial charge in [-0.2, -0.15) is 5.10 Å². The van der Waals surface area contributed by atoms with Gasteiger partial charge in [0.05, 0.1) is 11.1 Å². The fourth-order valence-electron chi connectivity index (χ4n) is 2.15. The van der Waals surface area contributed by atoms with Gasteiger partial charge in [-0.25, -0.2) is 5.10 Å². The van der Waals surface area contributed by atoms with Crippen LogP contribution >= 0.6 is 31.9 Å². The molecule has 0 aliphatic rings. The molecule has 0 atom stereocenters. The van der Waals surface area contributed by atoms with E-state index in [1.54, 1.807) is 6.07 Å². The Balaban J connectivity index is 2.39. The lowest BCUT2D eigenvalue weighted by molar-refractivity contribution is 1.02. The molecule has 0 saturated heterocycles. The SMILES string of the molecule is Cc1cc(Br)c(-c2n[nH]c(=O)c3ccccc23)cc1Br. The maximum Gasteiger partial charge on any atom is 0.272 e. The van der Waals surface area contributed by atoms with Crippen LogP contribution in [-0.4, -0.2) is 10.2 Å². The molecule has 2 aromatic carbocycles. The molecule has 1 heterocycles. The summed E-state index contributed by atoms with van der Waals surface area (Å²) in [5, 5.41) is 8.26. The second-order valence-electron chi connectivity index (χ2n) is 4.53. The molecule has 3 aromatic rings. The topological polar surface area (TPSA) is 45.8 Å². The number of aromatic nitrogens is 2. The van der Waals surface area contributed by atoms with Crippen molar-refractivity contribution >= 4 is 42.6 Å². The third-order valence-corrected chi connectivity index (χ3v) is 4.71. The summed E-state index contributed by atoms with van der Waals surface area (Å²) in [6.07, 6.45) is 0. The van der Waals surface area contributed by atoms with E-state index < -0.39 is 0 Å². The largest absolute Gasteiger partial charge is 0.272 e. The molecule has 5 heteroatoms. The van der Waals surface area contributed by atoms with E-state index in [0.717, 1.165) is 31.2 Å². The van der Waals surface area contributed by atoms with E-state index in [9.17, 15) is 4.79 Å². The monoisotopic (exact) mass is 392 g/mol. The summed E-state index contributed by atoms with van der Waals surface area (Å²) in [5.41, 5.74) is 2.66. The smallest absolute Gasteiger partial charge is 0.267 e. The van der Waals surface area contributed by atoms with Gasteiger partial charge in [0.1, 0.15) is 0 Å². The Morgan fingerprint density at radius 2 is 1.75 bits per heavy atom. The van der Waals surface area contributed by atoms with Crippen molar-refractivity contribution in [3.8, 4) is 11.3 Å². The zero-order valence-corrected chi connectivity index (χ0v) is 13.7. The maximum absolute atomic E-state index is 11.8. The van der Waals surface area contributed by atoms with E-state index in [0.29, 0.717) is 5.39 Å². The number of hydrogen-bond acceptors (Lipinski definition) is 2. The van der Waals surface area contributed by atoms with E-state index >= 15 is 0 Å². The minimum atomic E-state index is -0.174. The number of rotatable bonds is 1. The van der Waals surface area contributed by atoms with Gasteiger partial charge in [-0.3, -0.25) is 4.79 Å². The average Bonchev–Trinajstić information content (AvgIpc) is 2.44. The molecule has 0 aliphatic carbocycles. The Hall–Kier alpha value is -1.46. The standard InChI is InChI=1S/C15H10Br2N2O/c1-8-6-13(17)11(7-12(8)16)14-9-4-2-3-5-10(9)15(20)19-18-14/h2-7H,1H3,(H,19,20). The Kier molecular flexibility index (Phi) is 3.48. The van der Waals surface area contributed by atoms with Crippen LogP contribution in [0.1, 0.15) is 5.56 Å². The molecule has 1 N–H and O–H groups in total. The summed E-state index contributed by atoms with van der Waals surface area (Å²) in [5.74, 6) is 0. The van der Waals surface area contributed by atoms with Gasteiger partial charge >= 0.3 is 0 Å². The minimum absolute atomic E-state index is 0.174. The predicted octanol–water partition coefficient (Wildman–Crippen LogP) is 4.42. The van der Waals surface area contributed by atoms with Crippen LogP contribution in [0.15, 0.2) is 50.1 Å². The Labute approximate surface area is 132 Å². The summed E-state index contributed by atoms with van der Waals surface area (Å²) >= 11 is 7.10. The van der Waals surface area contributed by atoms with Crippen LogP contribution in [0.4, 0.5) is 0 Å². The van der Waals surface area contributed by atoms with Crippen LogP contribution in [0.25, 0.3) is 22.0 Å². The average molecular weight is 394 g/mol. The van der Waals surface area contributed by atoms with Crippen molar-refractivity contribution in [2.24, 2.45) is 0 Å². The van der Waals surface area contributed by atoms with Gasteiger partial charge in [0.25, 0.3) is 5.56 Å². The second-order valence-corrected chi connectivity index (χ2v) is 6.24. The molecule has 0 bridgehead atoms. The highest BCUT2D eigenvalue weighted by atomic mass is 79.9. The Bertz CT molecular complexity index is 871. The molecule has 0 fully saturated rings. The van der Waals surface area contributed by atoms with Gasteiger partial charge in [-0.1, -0.05) is 50.1 Å². The highest BCUT2D eigenvalue weighted by Crippen LogP contribution is 2.34. The molecular formula is C15H10Br2N2O.